The van der Waals surface area contributed by atoms with Gasteiger partial charge in [-0.05, 0) is 47.4 Å². The Bertz CT molecular complexity index is 1070. The number of H-pyrrole nitrogens is 1. The van der Waals surface area contributed by atoms with Crippen molar-refractivity contribution in [2.24, 2.45) is 0 Å². The number of hydrogen-bond acceptors (Lipinski definition) is 3. The van der Waals surface area contributed by atoms with Crippen LogP contribution in [-0.4, -0.2) is 23.8 Å². The van der Waals surface area contributed by atoms with E-state index in [4.69, 9.17) is 17.0 Å². The summed E-state index contributed by atoms with van der Waals surface area (Å²) in [6.45, 7) is 0.707. The lowest BCUT2D eigenvalue weighted by Gasteiger charge is -2.18. The number of methoxy groups -OCH3 is 1. The molecular formula is C22H21N3OS2. The zero-order valence-electron chi connectivity index (χ0n) is 15.4. The van der Waals surface area contributed by atoms with Gasteiger partial charge in [-0.15, -0.1) is 11.3 Å². The van der Waals surface area contributed by atoms with Gasteiger partial charge in [0.15, 0.2) is 5.11 Å². The molecule has 4 aromatic rings. The molecule has 2 heterocycles. The van der Waals surface area contributed by atoms with Crippen molar-refractivity contribution in [3.05, 3.63) is 82.7 Å². The van der Waals surface area contributed by atoms with Crippen LogP contribution in [0.5, 0.6) is 5.75 Å². The highest BCUT2D eigenvalue weighted by Gasteiger charge is 2.19. The maximum Gasteiger partial charge on any atom is 0.170 e. The maximum atomic E-state index is 5.52. The number of para-hydroxylation sites is 1. The fourth-order valence-electron chi connectivity index (χ4n) is 3.31. The first-order valence-electron chi connectivity index (χ1n) is 9.03. The zero-order chi connectivity index (χ0) is 19.3. The van der Waals surface area contributed by atoms with Crippen LogP contribution >= 0.6 is 23.6 Å². The Balaban J connectivity index is 1.51. The van der Waals surface area contributed by atoms with Crippen molar-refractivity contribution in [1.29, 1.82) is 0 Å². The molecule has 1 atom stereocenters. The summed E-state index contributed by atoms with van der Waals surface area (Å²) < 4.78 is 5.27. The van der Waals surface area contributed by atoms with Crippen LogP contribution < -0.4 is 15.4 Å². The van der Waals surface area contributed by atoms with Crippen LogP contribution in [0.4, 0.5) is 5.69 Å². The molecule has 0 saturated heterocycles. The van der Waals surface area contributed by atoms with Gasteiger partial charge in [0.05, 0.1) is 7.11 Å². The minimum atomic E-state index is 0.209. The largest absolute Gasteiger partial charge is 0.497 e. The first-order valence-corrected chi connectivity index (χ1v) is 10.3. The van der Waals surface area contributed by atoms with Crippen molar-refractivity contribution < 1.29 is 4.74 Å². The Morgan fingerprint density at radius 2 is 2.04 bits per heavy atom. The van der Waals surface area contributed by atoms with Crippen LogP contribution in [0.1, 0.15) is 16.4 Å². The highest BCUT2D eigenvalue weighted by atomic mass is 32.1. The van der Waals surface area contributed by atoms with E-state index < -0.39 is 0 Å². The number of aromatic nitrogens is 1. The minimum Gasteiger partial charge on any atom is -0.497 e. The van der Waals surface area contributed by atoms with Crippen LogP contribution in [-0.2, 0) is 0 Å². The number of benzene rings is 2. The Kier molecular flexibility index (Phi) is 5.60. The van der Waals surface area contributed by atoms with E-state index in [9.17, 15) is 0 Å². The van der Waals surface area contributed by atoms with Crippen molar-refractivity contribution in [1.82, 2.24) is 10.3 Å². The summed E-state index contributed by atoms with van der Waals surface area (Å²) in [7, 11) is 1.66. The fourth-order valence-corrected chi connectivity index (χ4v) is 4.35. The molecule has 0 radical (unpaired) electrons. The third kappa shape index (κ3) is 4.03. The molecule has 2 aromatic carbocycles. The number of fused-ring (bicyclic) bond motifs is 1. The first kappa shape index (κ1) is 18.5. The summed E-state index contributed by atoms with van der Waals surface area (Å²) in [6, 6.07) is 20.4. The molecule has 0 amide bonds. The molecule has 0 aliphatic heterocycles. The van der Waals surface area contributed by atoms with E-state index in [1.807, 2.05) is 30.3 Å². The summed E-state index contributed by atoms with van der Waals surface area (Å²) in [4.78, 5) is 4.69. The Morgan fingerprint density at radius 3 is 2.86 bits per heavy atom. The van der Waals surface area contributed by atoms with Crippen LogP contribution in [0.15, 0.2) is 72.2 Å². The Hall–Kier alpha value is -2.83. The van der Waals surface area contributed by atoms with Gasteiger partial charge >= 0.3 is 0 Å². The summed E-state index contributed by atoms with van der Waals surface area (Å²) in [5, 5.41) is 10.6. The monoisotopic (exact) mass is 407 g/mol. The quantitative estimate of drug-likeness (QED) is 0.377. The zero-order valence-corrected chi connectivity index (χ0v) is 17.1. The van der Waals surface area contributed by atoms with Gasteiger partial charge in [-0.3, -0.25) is 0 Å². The normalized spacial score (nSPS) is 11.9. The van der Waals surface area contributed by atoms with Crippen LogP contribution in [0.3, 0.4) is 0 Å². The highest BCUT2D eigenvalue weighted by Crippen LogP contribution is 2.32. The lowest BCUT2D eigenvalue weighted by atomic mass is 9.97. The average Bonchev–Trinajstić information content (AvgIpc) is 3.39. The second kappa shape index (κ2) is 8.46. The number of ether oxygens (including phenoxy) is 1. The van der Waals surface area contributed by atoms with E-state index in [0.717, 1.165) is 17.0 Å². The van der Waals surface area contributed by atoms with Crippen LogP contribution in [0.2, 0.25) is 0 Å². The predicted molar refractivity (Wildman–Crippen MR) is 122 cm³/mol. The molecule has 4 nitrogen and oxygen atoms in total. The minimum absolute atomic E-state index is 0.209. The molecule has 28 heavy (non-hydrogen) atoms. The van der Waals surface area contributed by atoms with Gasteiger partial charge in [-0.25, -0.2) is 0 Å². The Labute approximate surface area is 173 Å². The molecule has 6 heteroatoms. The number of thiocarbonyl (C=S) groups is 1. The van der Waals surface area contributed by atoms with Gasteiger partial charge in [0.2, 0.25) is 0 Å². The molecule has 0 bridgehead atoms. The molecule has 0 aliphatic rings. The topological polar surface area (TPSA) is 49.1 Å². The number of thiophene rings is 1. The molecule has 3 N–H and O–H groups in total. The van der Waals surface area contributed by atoms with Gasteiger partial charge in [-0.1, -0.05) is 30.3 Å². The second-order valence-electron chi connectivity index (χ2n) is 6.42. The van der Waals surface area contributed by atoms with E-state index in [1.165, 1.54) is 15.8 Å². The SMILES string of the molecule is COc1cccc(NC(=S)NC[C@@H](c2cccs2)c2c[nH]c3ccccc23)c1. The third-order valence-electron chi connectivity index (χ3n) is 4.68. The van der Waals surface area contributed by atoms with Crippen molar-refractivity contribution in [2.45, 2.75) is 5.92 Å². The van der Waals surface area contributed by atoms with Gasteiger partial charge in [0.1, 0.15) is 5.75 Å². The molecule has 0 spiro atoms. The van der Waals surface area contributed by atoms with E-state index in [0.29, 0.717) is 11.7 Å². The second-order valence-corrected chi connectivity index (χ2v) is 7.81. The van der Waals surface area contributed by atoms with Gasteiger partial charge in [0.25, 0.3) is 0 Å². The summed E-state index contributed by atoms with van der Waals surface area (Å²) in [6.07, 6.45) is 2.11. The first-order chi connectivity index (χ1) is 13.7. The molecule has 142 valence electrons. The van der Waals surface area contributed by atoms with Crippen molar-refractivity contribution >= 4 is 45.3 Å². The fraction of sp³-hybridized carbons (Fsp3) is 0.136. The van der Waals surface area contributed by atoms with E-state index >= 15 is 0 Å². The van der Waals surface area contributed by atoms with Crippen molar-refractivity contribution in [2.75, 3.05) is 19.0 Å². The summed E-state index contributed by atoms with van der Waals surface area (Å²) in [5.41, 5.74) is 3.32. The maximum absolute atomic E-state index is 5.52. The molecule has 0 saturated carbocycles. The molecule has 0 unspecified atom stereocenters. The molecule has 0 aliphatic carbocycles. The molecule has 4 rings (SSSR count). The lowest BCUT2D eigenvalue weighted by molar-refractivity contribution is 0.415. The van der Waals surface area contributed by atoms with Gasteiger partial charge in [0, 0.05) is 46.2 Å². The third-order valence-corrected chi connectivity index (χ3v) is 5.91. The van der Waals surface area contributed by atoms with Crippen LogP contribution in [0, 0.1) is 0 Å². The molecule has 0 fully saturated rings. The van der Waals surface area contributed by atoms with E-state index in [2.05, 4.69) is 57.5 Å². The summed E-state index contributed by atoms with van der Waals surface area (Å²) >= 11 is 7.29. The number of rotatable bonds is 6. The van der Waals surface area contributed by atoms with E-state index in [-0.39, 0.29) is 5.92 Å². The number of hydrogen-bond donors (Lipinski definition) is 3. The average molecular weight is 408 g/mol. The van der Waals surface area contributed by atoms with Crippen molar-refractivity contribution in [3.8, 4) is 5.75 Å². The van der Waals surface area contributed by atoms with Crippen LogP contribution in [0.25, 0.3) is 10.9 Å². The molecule has 2 aromatic heterocycles. The Morgan fingerprint density at radius 1 is 1.14 bits per heavy atom. The standard InChI is InChI=1S/C22H21N3OS2/c1-26-16-7-4-6-15(12-16)25-22(27)24-14-19(21-10-5-11-28-21)18-13-23-20-9-3-2-8-17(18)20/h2-13,19,23H,14H2,1H3,(H2,24,25,27)/t19-/m1/s1. The predicted octanol–water partition coefficient (Wildman–Crippen LogP) is 5.36. The number of anilines is 1. The summed E-state index contributed by atoms with van der Waals surface area (Å²) in [5.74, 6) is 1.00. The number of nitrogens with one attached hydrogen (secondary N) is 3. The van der Waals surface area contributed by atoms with Gasteiger partial charge < -0.3 is 20.4 Å². The highest BCUT2D eigenvalue weighted by molar-refractivity contribution is 7.80. The van der Waals surface area contributed by atoms with Gasteiger partial charge in [-0.2, -0.15) is 0 Å². The number of aromatic amines is 1. The smallest absolute Gasteiger partial charge is 0.170 e. The molecular weight excluding hydrogens is 386 g/mol. The van der Waals surface area contributed by atoms with E-state index in [1.54, 1.807) is 18.4 Å². The lowest BCUT2D eigenvalue weighted by Crippen LogP contribution is -2.32. The van der Waals surface area contributed by atoms with Crippen molar-refractivity contribution in [3.63, 3.8) is 0 Å².